The average Bonchev–Trinajstić information content (AvgIpc) is 3.46. The number of amidine groups is 1. The van der Waals surface area contributed by atoms with Gasteiger partial charge in [0, 0.05) is 47.0 Å². The van der Waals surface area contributed by atoms with Crippen LogP contribution in [0.15, 0.2) is 96.1 Å². The molecule has 1 atom stereocenters. The second-order valence-corrected chi connectivity index (χ2v) is 11.4. The standard InChI is InChI=1S/C34H32Cl2N4O4/c1-23(41)33-37-40(30-10-8-27(36)9-11-30)34(39(33)29-14-12-28(13-15-29)38-17-19-43-20-18-38)25-5-16-31(32(21-25)42-2)44-22-24-3-6-26(35)7-4-24/h3-16,21,34H,17-20,22H2,1-2H3. The van der Waals surface area contributed by atoms with Gasteiger partial charge in [-0.1, -0.05) is 41.4 Å². The fourth-order valence-corrected chi connectivity index (χ4v) is 5.62. The summed E-state index contributed by atoms with van der Waals surface area (Å²) in [4.78, 5) is 17.3. The summed E-state index contributed by atoms with van der Waals surface area (Å²) in [6.07, 6.45) is -0.497. The lowest BCUT2D eigenvalue weighted by molar-refractivity contribution is -0.111. The highest BCUT2D eigenvalue weighted by molar-refractivity contribution is 6.44. The molecule has 0 amide bonds. The summed E-state index contributed by atoms with van der Waals surface area (Å²) < 4.78 is 17.4. The Morgan fingerprint density at radius 3 is 2.09 bits per heavy atom. The molecule has 8 nitrogen and oxygen atoms in total. The van der Waals surface area contributed by atoms with Crippen LogP contribution in [0.4, 0.5) is 17.1 Å². The number of nitrogens with zero attached hydrogens (tertiary/aromatic N) is 4. The number of ether oxygens (including phenoxy) is 3. The molecule has 10 heteroatoms. The van der Waals surface area contributed by atoms with Crippen molar-refractivity contribution in [1.82, 2.24) is 0 Å². The van der Waals surface area contributed by atoms with Crippen LogP contribution >= 0.6 is 23.2 Å². The lowest BCUT2D eigenvalue weighted by atomic mass is 10.1. The number of anilines is 3. The number of hydrogen-bond donors (Lipinski definition) is 0. The first kappa shape index (κ1) is 29.8. The molecule has 6 rings (SSSR count). The fraction of sp³-hybridized carbons (Fsp3) is 0.235. The minimum atomic E-state index is -0.497. The predicted molar refractivity (Wildman–Crippen MR) is 176 cm³/mol. The SMILES string of the molecule is COc1cc(C2N(c3ccc(Cl)cc3)N=C(C(C)=O)N2c2ccc(N3CCOCC3)cc2)ccc1OCc1ccc(Cl)cc1. The van der Waals surface area contributed by atoms with Gasteiger partial charge in [0.05, 0.1) is 26.0 Å². The first-order valence-corrected chi connectivity index (χ1v) is 15.1. The number of carbonyl (C=O) groups is 1. The minimum absolute atomic E-state index is 0.154. The number of carbonyl (C=O) groups excluding carboxylic acids is 1. The maximum atomic E-state index is 13.1. The smallest absolute Gasteiger partial charge is 0.198 e. The molecular formula is C34H32Cl2N4O4. The zero-order chi connectivity index (χ0) is 30.6. The molecule has 4 aromatic carbocycles. The molecule has 44 heavy (non-hydrogen) atoms. The van der Waals surface area contributed by atoms with E-state index >= 15 is 0 Å². The molecule has 4 aromatic rings. The summed E-state index contributed by atoms with van der Waals surface area (Å²) in [5.41, 5.74) is 4.56. The maximum absolute atomic E-state index is 13.1. The van der Waals surface area contributed by atoms with Crippen LogP contribution in [0.25, 0.3) is 0 Å². The lowest BCUT2D eigenvalue weighted by Crippen LogP contribution is -2.38. The molecule has 0 spiro atoms. The number of methoxy groups -OCH3 is 1. The molecule has 0 N–H and O–H groups in total. The van der Waals surface area contributed by atoms with E-state index < -0.39 is 6.17 Å². The monoisotopic (exact) mass is 630 g/mol. The van der Waals surface area contributed by atoms with Crippen LogP contribution in [0.3, 0.4) is 0 Å². The zero-order valence-corrected chi connectivity index (χ0v) is 26.0. The second-order valence-electron chi connectivity index (χ2n) is 10.5. The number of ketones is 1. The van der Waals surface area contributed by atoms with Crippen LogP contribution in [0, 0.1) is 0 Å². The number of morpholine rings is 1. The van der Waals surface area contributed by atoms with Crippen molar-refractivity contribution in [2.24, 2.45) is 5.10 Å². The van der Waals surface area contributed by atoms with E-state index in [-0.39, 0.29) is 5.78 Å². The molecule has 0 radical (unpaired) electrons. The van der Waals surface area contributed by atoms with Crippen LogP contribution in [-0.4, -0.2) is 45.0 Å². The first-order valence-electron chi connectivity index (χ1n) is 14.3. The van der Waals surface area contributed by atoms with Gasteiger partial charge in [-0.05, 0) is 78.4 Å². The Morgan fingerprint density at radius 2 is 1.45 bits per heavy atom. The van der Waals surface area contributed by atoms with E-state index in [1.54, 1.807) is 7.11 Å². The van der Waals surface area contributed by atoms with Crippen molar-refractivity contribution >= 4 is 51.9 Å². The Morgan fingerprint density at radius 1 is 0.841 bits per heavy atom. The quantitative estimate of drug-likeness (QED) is 0.192. The number of hydrazone groups is 1. The molecule has 0 aliphatic carbocycles. The molecule has 0 bridgehead atoms. The van der Waals surface area contributed by atoms with E-state index in [0.29, 0.717) is 47.2 Å². The Hall–Kier alpha value is -4.24. The largest absolute Gasteiger partial charge is 0.493 e. The Labute approximate surface area is 266 Å². The van der Waals surface area contributed by atoms with Crippen molar-refractivity contribution in [3.63, 3.8) is 0 Å². The first-order chi connectivity index (χ1) is 21.4. The van der Waals surface area contributed by atoms with Gasteiger partial charge < -0.3 is 19.1 Å². The van der Waals surface area contributed by atoms with E-state index in [9.17, 15) is 4.79 Å². The van der Waals surface area contributed by atoms with Crippen LogP contribution < -0.4 is 24.3 Å². The number of hydrogen-bond acceptors (Lipinski definition) is 8. The van der Waals surface area contributed by atoms with Crippen molar-refractivity contribution in [3.8, 4) is 11.5 Å². The topological polar surface area (TPSA) is 66.8 Å². The van der Waals surface area contributed by atoms with Crippen molar-refractivity contribution in [1.29, 1.82) is 0 Å². The van der Waals surface area contributed by atoms with E-state index in [0.717, 1.165) is 41.3 Å². The number of Topliss-reactive ketones (excluding diaryl/α,β-unsaturated/α-hetero) is 1. The molecule has 2 heterocycles. The van der Waals surface area contributed by atoms with Gasteiger partial charge in [-0.3, -0.25) is 9.69 Å². The summed E-state index contributed by atoms with van der Waals surface area (Å²) in [7, 11) is 1.61. The predicted octanol–water partition coefficient (Wildman–Crippen LogP) is 7.35. The second kappa shape index (κ2) is 13.2. The van der Waals surface area contributed by atoms with Crippen LogP contribution in [0.2, 0.25) is 10.0 Å². The van der Waals surface area contributed by atoms with Gasteiger partial charge in [0.2, 0.25) is 0 Å². The molecule has 2 aliphatic heterocycles. The molecule has 226 valence electrons. The van der Waals surface area contributed by atoms with E-state index in [1.807, 2.05) is 88.8 Å². The summed E-state index contributed by atoms with van der Waals surface area (Å²) >= 11 is 12.3. The van der Waals surface area contributed by atoms with Gasteiger partial charge in [-0.15, -0.1) is 5.10 Å². The highest BCUT2D eigenvalue weighted by atomic mass is 35.5. The number of rotatable bonds is 9. The van der Waals surface area contributed by atoms with E-state index in [2.05, 4.69) is 17.0 Å². The Kier molecular flexibility index (Phi) is 8.93. The Bertz CT molecular complexity index is 1640. The summed E-state index contributed by atoms with van der Waals surface area (Å²) in [5.74, 6) is 1.33. The van der Waals surface area contributed by atoms with Gasteiger partial charge in [-0.2, -0.15) is 0 Å². The van der Waals surface area contributed by atoms with Gasteiger partial charge in [0.25, 0.3) is 0 Å². The highest BCUT2D eigenvalue weighted by Gasteiger charge is 2.39. The van der Waals surface area contributed by atoms with Gasteiger partial charge in [0.1, 0.15) is 6.61 Å². The average molecular weight is 632 g/mol. The number of benzene rings is 4. The molecule has 0 saturated carbocycles. The van der Waals surface area contributed by atoms with Crippen molar-refractivity contribution in [2.45, 2.75) is 19.7 Å². The molecule has 2 aliphatic rings. The molecular weight excluding hydrogens is 599 g/mol. The Balaban J connectivity index is 1.37. The maximum Gasteiger partial charge on any atom is 0.198 e. The van der Waals surface area contributed by atoms with Gasteiger partial charge >= 0.3 is 0 Å². The third kappa shape index (κ3) is 6.33. The van der Waals surface area contributed by atoms with Crippen LogP contribution in [0.5, 0.6) is 11.5 Å². The molecule has 1 unspecified atom stereocenters. The minimum Gasteiger partial charge on any atom is -0.493 e. The van der Waals surface area contributed by atoms with Crippen molar-refractivity contribution in [3.05, 3.63) is 112 Å². The molecule has 1 fully saturated rings. The highest BCUT2D eigenvalue weighted by Crippen LogP contribution is 2.42. The van der Waals surface area contributed by atoms with Crippen molar-refractivity contribution in [2.75, 3.05) is 48.2 Å². The lowest BCUT2D eigenvalue weighted by Gasteiger charge is -2.33. The van der Waals surface area contributed by atoms with E-state index in [1.165, 1.54) is 6.92 Å². The fourth-order valence-electron chi connectivity index (χ4n) is 5.37. The van der Waals surface area contributed by atoms with Crippen LogP contribution in [0.1, 0.15) is 24.2 Å². The normalized spacial score (nSPS) is 16.6. The molecule has 1 saturated heterocycles. The summed E-state index contributed by atoms with van der Waals surface area (Å²) in [6.45, 7) is 4.96. The number of halogens is 2. The summed E-state index contributed by atoms with van der Waals surface area (Å²) in [5, 5.41) is 7.97. The van der Waals surface area contributed by atoms with Gasteiger partial charge in [-0.25, -0.2) is 5.01 Å². The van der Waals surface area contributed by atoms with Crippen molar-refractivity contribution < 1.29 is 19.0 Å². The zero-order valence-electron chi connectivity index (χ0n) is 24.5. The third-order valence-electron chi connectivity index (χ3n) is 7.61. The van der Waals surface area contributed by atoms with Crippen LogP contribution in [-0.2, 0) is 16.1 Å². The summed E-state index contributed by atoms with van der Waals surface area (Å²) in [6, 6.07) is 28.9. The third-order valence-corrected chi connectivity index (χ3v) is 8.11. The van der Waals surface area contributed by atoms with Gasteiger partial charge in [0.15, 0.2) is 29.3 Å². The molecule has 0 aromatic heterocycles. The van der Waals surface area contributed by atoms with E-state index in [4.69, 9.17) is 42.5 Å².